The Morgan fingerprint density at radius 2 is 1.70 bits per heavy atom. The Balaban J connectivity index is 1.99. The summed E-state index contributed by atoms with van der Waals surface area (Å²) in [6.07, 6.45) is 3.04. The average Bonchev–Trinajstić information content (AvgIpc) is 2.73. The summed E-state index contributed by atoms with van der Waals surface area (Å²) in [4.78, 5) is 15.1. The molecular weight excluding hydrogens is 402 g/mol. The molecule has 0 aliphatic carbocycles. The summed E-state index contributed by atoms with van der Waals surface area (Å²) < 4.78 is 27.1. The lowest BCUT2D eigenvalue weighted by Gasteiger charge is -2.14. The molecule has 8 heteroatoms. The minimum Gasteiger partial charge on any atom is -0.478 e. The number of rotatable bonds is 6. The first kappa shape index (κ1) is 21.0. The molecule has 30 heavy (non-hydrogen) atoms. The first-order valence-corrected chi connectivity index (χ1v) is 10.6. The largest absolute Gasteiger partial charge is 0.478 e. The van der Waals surface area contributed by atoms with Crippen molar-refractivity contribution in [3.8, 4) is 28.3 Å². The number of aromatic carboxylic acids is 1. The number of carboxylic acid groups (broad SMARTS) is 1. The lowest BCUT2D eigenvalue weighted by molar-refractivity contribution is 0.0697. The number of carbonyl (C=O) groups is 1. The number of aromatic nitrogens is 1. The minimum absolute atomic E-state index is 0.0470. The molecule has 0 saturated carbocycles. The van der Waals surface area contributed by atoms with E-state index in [0.29, 0.717) is 16.8 Å². The zero-order valence-electron chi connectivity index (χ0n) is 16.3. The molecule has 0 unspecified atom stereocenters. The van der Waals surface area contributed by atoms with Crippen molar-refractivity contribution >= 4 is 21.7 Å². The van der Waals surface area contributed by atoms with E-state index in [4.69, 9.17) is 5.11 Å². The van der Waals surface area contributed by atoms with Crippen LogP contribution in [0.4, 0.5) is 5.69 Å². The van der Waals surface area contributed by atoms with Crippen molar-refractivity contribution in [1.29, 1.82) is 5.26 Å². The second-order valence-electron chi connectivity index (χ2n) is 6.87. The average molecular weight is 421 g/mol. The first-order chi connectivity index (χ1) is 14.2. The lowest BCUT2D eigenvalue weighted by atomic mass is 9.96. The van der Waals surface area contributed by atoms with Crippen molar-refractivity contribution in [3.63, 3.8) is 0 Å². The Kier molecular flexibility index (Phi) is 5.85. The van der Waals surface area contributed by atoms with Crippen LogP contribution in [0.1, 0.15) is 29.8 Å². The molecule has 2 aromatic carbocycles. The van der Waals surface area contributed by atoms with Crippen molar-refractivity contribution in [3.05, 3.63) is 72.1 Å². The third kappa shape index (κ3) is 4.31. The molecule has 3 aromatic rings. The van der Waals surface area contributed by atoms with Gasteiger partial charge < -0.3 is 5.11 Å². The van der Waals surface area contributed by atoms with Crippen LogP contribution in [-0.2, 0) is 10.0 Å². The Morgan fingerprint density at radius 1 is 1.07 bits per heavy atom. The summed E-state index contributed by atoms with van der Waals surface area (Å²) in [6, 6.07) is 15.4. The lowest BCUT2D eigenvalue weighted by Crippen LogP contribution is -2.22. The molecule has 152 valence electrons. The van der Waals surface area contributed by atoms with E-state index in [1.165, 1.54) is 18.3 Å². The van der Waals surface area contributed by atoms with E-state index in [9.17, 15) is 18.5 Å². The van der Waals surface area contributed by atoms with Gasteiger partial charge in [-0.25, -0.2) is 13.2 Å². The van der Waals surface area contributed by atoms with Gasteiger partial charge in [0.2, 0.25) is 10.0 Å². The number of sulfonamides is 1. The molecule has 0 aliphatic heterocycles. The Morgan fingerprint density at radius 3 is 2.27 bits per heavy atom. The Hall–Kier alpha value is -3.70. The smallest absolute Gasteiger partial charge is 0.335 e. The van der Waals surface area contributed by atoms with Crippen molar-refractivity contribution in [2.75, 3.05) is 4.72 Å². The monoisotopic (exact) mass is 421 g/mol. The van der Waals surface area contributed by atoms with Gasteiger partial charge in [0.15, 0.2) is 0 Å². The van der Waals surface area contributed by atoms with Crippen molar-refractivity contribution in [2.45, 2.75) is 19.1 Å². The molecule has 1 heterocycles. The number of hydrogen-bond acceptors (Lipinski definition) is 5. The molecule has 2 N–H and O–H groups in total. The van der Waals surface area contributed by atoms with Crippen LogP contribution in [0.5, 0.6) is 0 Å². The highest BCUT2D eigenvalue weighted by Gasteiger charge is 2.18. The van der Waals surface area contributed by atoms with E-state index in [0.717, 1.165) is 11.1 Å². The highest BCUT2D eigenvalue weighted by molar-refractivity contribution is 7.93. The summed E-state index contributed by atoms with van der Waals surface area (Å²) in [5, 5.41) is 17.9. The quantitative estimate of drug-likeness (QED) is 0.617. The van der Waals surface area contributed by atoms with E-state index >= 15 is 0 Å². The van der Waals surface area contributed by atoms with Crippen LogP contribution in [0.3, 0.4) is 0 Å². The van der Waals surface area contributed by atoms with E-state index < -0.39 is 21.2 Å². The summed E-state index contributed by atoms with van der Waals surface area (Å²) in [5.41, 5.74) is 3.48. The Labute approximate surface area is 174 Å². The normalized spacial score (nSPS) is 11.1. The molecule has 0 bridgehead atoms. The minimum atomic E-state index is -3.53. The molecule has 0 aliphatic rings. The van der Waals surface area contributed by atoms with Crippen LogP contribution in [0.15, 0.2) is 60.9 Å². The van der Waals surface area contributed by atoms with Crippen LogP contribution in [0.25, 0.3) is 22.3 Å². The van der Waals surface area contributed by atoms with Crippen molar-refractivity contribution < 1.29 is 18.3 Å². The molecular formula is C22H19N3O4S. The number of nitrogens with one attached hydrogen (secondary N) is 1. The number of anilines is 1. The van der Waals surface area contributed by atoms with Gasteiger partial charge in [-0.2, -0.15) is 5.26 Å². The molecule has 0 saturated heterocycles. The fraction of sp³-hybridized carbons (Fsp3) is 0.136. The molecule has 0 spiro atoms. The first-order valence-electron chi connectivity index (χ1n) is 9.07. The van der Waals surface area contributed by atoms with Crippen molar-refractivity contribution in [2.24, 2.45) is 0 Å². The topological polar surface area (TPSA) is 120 Å². The number of pyridine rings is 1. The maximum atomic E-state index is 12.3. The zero-order chi connectivity index (χ0) is 21.9. The molecule has 3 rings (SSSR count). The van der Waals surface area contributed by atoms with E-state index in [1.807, 2.05) is 18.2 Å². The fourth-order valence-electron chi connectivity index (χ4n) is 2.85. The van der Waals surface area contributed by atoms with Gasteiger partial charge in [0, 0.05) is 11.8 Å². The van der Waals surface area contributed by atoms with E-state index in [-0.39, 0.29) is 11.1 Å². The fourth-order valence-corrected chi connectivity index (χ4v) is 3.55. The molecule has 0 fully saturated rings. The maximum absolute atomic E-state index is 12.3. The molecule has 7 nitrogen and oxygen atoms in total. The summed E-state index contributed by atoms with van der Waals surface area (Å²) in [7, 11) is -3.53. The van der Waals surface area contributed by atoms with Crippen LogP contribution in [-0.4, -0.2) is 29.7 Å². The zero-order valence-corrected chi connectivity index (χ0v) is 17.1. The summed E-state index contributed by atoms with van der Waals surface area (Å²) in [6.45, 7) is 3.19. The second kappa shape index (κ2) is 8.35. The predicted octanol–water partition coefficient (Wildman–Crippen LogP) is 4.14. The highest BCUT2D eigenvalue weighted by atomic mass is 32.2. The number of carboxylic acids is 1. The van der Waals surface area contributed by atoms with Gasteiger partial charge >= 0.3 is 5.97 Å². The number of benzene rings is 2. The number of hydrogen-bond donors (Lipinski definition) is 2. The van der Waals surface area contributed by atoms with Gasteiger partial charge in [0.05, 0.1) is 34.3 Å². The molecule has 0 amide bonds. The summed E-state index contributed by atoms with van der Waals surface area (Å²) >= 11 is 0. The second-order valence-corrected chi connectivity index (χ2v) is 9.11. The summed E-state index contributed by atoms with van der Waals surface area (Å²) in [5.74, 6) is -1.09. The third-order valence-corrected chi connectivity index (χ3v) is 6.33. The number of nitriles is 1. The van der Waals surface area contributed by atoms with Gasteiger partial charge in [-0.3, -0.25) is 9.71 Å². The third-order valence-electron chi connectivity index (χ3n) is 4.59. The highest BCUT2D eigenvalue weighted by Crippen LogP contribution is 2.31. The number of nitrogens with zero attached hydrogens (tertiary/aromatic N) is 2. The SMILES string of the molecule is CC(C)S(=O)(=O)Nc1cnccc1-c1ccc(-c2ccc(C(=O)O)cc2C#N)cc1. The van der Waals surface area contributed by atoms with Gasteiger partial charge in [-0.05, 0) is 48.7 Å². The van der Waals surface area contributed by atoms with Gasteiger partial charge in [-0.15, -0.1) is 0 Å². The molecule has 0 radical (unpaired) electrons. The van der Waals surface area contributed by atoms with Crippen LogP contribution < -0.4 is 4.72 Å². The van der Waals surface area contributed by atoms with Gasteiger partial charge in [0.25, 0.3) is 0 Å². The Bertz CT molecular complexity index is 1240. The van der Waals surface area contributed by atoms with E-state index in [2.05, 4.69) is 9.71 Å². The van der Waals surface area contributed by atoms with E-state index in [1.54, 1.807) is 44.3 Å². The van der Waals surface area contributed by atoms with Crippen LogP contribution >= 0.6 is 0 Å². The van der Waals surface area contributed by atoms with Gasteiger partial charge in [-0.1, -0.05) is 30.3 Å². The standard InChI is InChI=1S/C22H19N3O4S/c1-14(2)30(28,29)25-21-13-24-10-9-20(21)16-5-3-15(4-6-16)19-8-7-17(22(26)27)11-18(19)12-23/h3-11,13-14,25H,1-2H3,(H,26,27). The molecule has 0 atom stereocenters. The van der Waals surface area contributed by atoms with Gasteiger partial charge in [0.1, 0.15) is 0 Å². The van der Waals surface area contributed by atoms with Crippen LogP contribution in [0.2, 0.25) is 0 Å². The maximum Gasteiger partial charge on any atom is 0.335 e. The van der Waals surface area contributed by atoms with Crippen LogP contribution in [0, 0.1) is 11.3 Å². The predicted molar refractivity (Wildman–Crippen MR) is 114 cm³/mol. The van der Waals surface area contributed by atoms with Crippen molar-refractivity contribution in [1.82, 2.24) is 4.98 Å². The molecule has 1 aromatic heterocycles.